The first-order valence-electron chi connectivity index (χ1n) is 11.7. The summed E-state index contributed by atoms with van der Waals surface area (Å²) < 4.78 is 11.7. The number of hydrogen-bond acceptors (Lipinski definition) is 4. The predicted octanol–water partition coefficient (Wildman–Crippen LogP) is 5.36. The molecule has 0 aliphatic carbocycles. The number of benzene rings is 2. The number of rotatable bonds is 9. The van der Waals surface area contributed by atoms with Crippen LogP contribution in [-0.2, 0) is 15.1 Å². The van der Waals surface area contributed by atoms with E-state index in [0.717, 1.165) is 54.7 Å². The molecule has 0 bridgehead atoms. The topological polar surface area (TPSA) is 59.0 Å². The molecule has 1 aliphatic heterocycles. The summed E-state index contributed by atoms with van der Waals surface area (Å²) >= 11 is 0. The fourth-order valence-corrected chi connectivity index (χ4v) is 4.84. The number of carbonyl (C=O) groups excluding carboxylic acids is 1. The maximum Gasteiger partial charge on any atom is 0.219 e. The van der Waals surface area contributed by atoms with Crippen LogP contribution >= 0.6 is 0 Å². The second-order valence-corrected chi connectivity index (χ2v) is 9.00. The van der Waals surface area contributed by atoms with Crippen molar-refractivity contribution in [3.05, 3.63) is 59.2 Å². The van der Waals surface area contributed by atoms with Crippen LogP contribution in [0.2, 0.25) is 0 Å². The third-order valence-corrected chi connectivity index (χ3v) is 6.67. The Balaban J connectivity index is 1.98. The van der Waals surface area contributed by atoms with E-state index in [4.69, 9.17) is 9.47 Å². The van der Waals surface area contributed by atoms with Gasteiger partial charge in [0.05, 0.1) is 5.60 Å². The molecule has 32 heavy (non-hydrogen) atoms. The predicted molar refractivity (Wildman–Crippen MR) is 127 cm³/mol. The zero-order valence-corrected chi connectivity index (χ0v) is 19.9. The first kappa shape index (κ1) is 24.3. The number of ether oxygens (including phenoxy) is 2. The van der Waals surface area contributed by atoms with Crippen LogP contribution in [0, 0.1) is 19.8 Å². The van der Waals surface area contributed by atoms with Crippen molar-refractivity contribution >= 4 is 5.91 Å². The van der Waals surface area contributed by atoms with Crippen molar-refractivity contribution in [3.63, 3.8) is 0 Å². The monoisotopic (exact) mass is 439 g/mol. The van der Waals surface area contributed by atoms with E-state index in [1.807, 2.05) is 61.2 Å². The highest BCUT2D eigenvalue weighted by atomic mass is 16.5. The Kier molecular flexibility index (Phi) is 8.32. The van der Waals surface area contributed by atoms with Crippen molar-refractivity contribution < 1.29 is 19.4 Å². The van der Waals surface area contributed by atoms with Crippen molar-refractivity contribution in [2.24, 2.45) is 5.92 Å². The summed E-state index contributed by atoms with van der Waals surface area (Å²) in [7, 11) is 1.70. The van der Waals surface area contributed by atoms with Crippen LogP contribution in [0.1, 0.15) is 55.7 Å². The van der Waals surface area contributed by atoms with Gasteiger partial charge in [0.25, 0.3) is 0 Å². The van der Waals surface area contributed by atoms with Gasteiger partial charge >= 0.3 is 0 Å². The third-order valence-electron chi connectivity index (χ3n) is 6.67. The van der Waals surface area contributed by atoms with Gasteiger partial charge in [0.15, 0.2) is 0 Å². The van der Waals surface area contributed by atoms with E-state index in [9.17, 15) is 9.90 Å². The molecule has 1 aliphatic rings. The third kappa shape index (κ3) is 5.51. The maximum absolute atomic E-state index is 12.2. The highest BCUT2D eigenvalue weighted by molar-refractivity contribution is 5.73. The van der Waals surface area contributed by atoms with Gasteiger partial charge in [-0.05, 0) is 63.1 Å². The molecular weight excluding hydrogens is 402 g/mol. The largest absolute Gasteiger partial charge is 0.456 e. The summed E-state index contributed by atoms with van der Waals surface area (Å²) in [5, 5.41) is 12.2. The number of hydrogen-bond donors (Lipinski definition) is 1. The molecular formula is C27H37NO4. The molecule has 5 heteroatoms. The van der Waals surface area contributed by atoms with Gasteiger partial charge in [0.2, 0.25) is 5.91 Å². The van der Waals surface area contributed by atoms with E-state index in [0.29, 0.717) is 25.3 Å². The lowest BCUT2D eigenvalue weighted by Crippen LogP contribution is -2.47. The summed E-state index contributed by atoms with van der Waals surface area (Å²) in [5.41, 5.74) is 1.83. The zero-order valence-electron chi connectivity index (χ0n) is 19.9. The van der Waals surface area contributed by atoms with Gasteiger partial charge < -0.3 is 19.5 Å². The van der Waals surface area contributed by atoms with Crippen LogP contribution in [0.15, 0.2) is 42.5 Å². The molecule has 5 nitrogen and oxygen atoms in total. The number of aryl methyl sites for hydroxylation is 2. The number of aliphatic hydroxyl groups is 1. The number of unbranched alkanes of at least 4 members (excludes halogenated alkanes) is 1. The molecule has 1 amide bonds. The summed E-state index contributed by atoms with van der Waals surface area (Å²) in [6.07, 6.45) is 4.08. The van der Waals surface area contributed by atoms with E-state index in [1.165, 1.54) is 0 Å². The van der Waals surface area contributed by atoms with Crippen LogP contribution < -0.4 is 4.74 Å². The molecule has 0 saturated carbocycles. The molecule has 1 saturated heterocycles. The van der Waals surface area contributed by atoms with Crippen LogP contribution in [0.4, 0.5) is 0 Å². The lowest BCUT2D eigenvalue weighted by atomic mass is 9.73. The second-order valence-electron chi connectivity index (χ2n) is 9.00. The minimum atomic E-state index is -1.09. The molecule has 174 valence electrons. The van der Waals surface area contributed by atoms with Crippen molar-refractivity contribution in [3.8, 4) is 11.5 Å². The molecule has 0 aromatic heterocycles. The number of nitrogens with zero attached hydrogens (tertiary/aromatic N) is 1. The molecule has 0 unspecified atom stereocenters. The van der Waals surface area contributed by atoms with Crippen LogP contribution in [0.3, 0.4) is 0 Å². The highest BCUT2D eigenvalue weighted by Crippen LogP contribution is 2.44. The fourth-order valence-electron chi connectivity index (χ4n) is 4.84. The second kappa shape index (κ2) is 11.0. The molecule has 1 heterocycles. The van der Waals surface area contributed by atoms with Crippen molar-refractivity contribution in [2.45, 2.75) is 58.5 Å². The summed E-state index contributed by atoms with van der Waals surface area (Å²) in [5.74, 6) is 1.52. The summed E-state index contributed by atoms with van der Waals surface area (Å²) in [6, 6.07) is 13.9. The first-order valence-corrected chi connectivity index (χ1v) is 11.7. The molecule has 0 spiro atoms. The van der Waals surface area contributed by atoms with Gasteiger partial charge in [-0.15, -0.1) is 0 Å². The number of piperidine rings is 1. The van der Waals surface area contributed by atoms with Gasteiger partial charge in [-0.1, -0.05) is 36.4 Å². The maximum atomic E-state index is 12.2. The van der Waals surface area contributed by atoms with E-state index in [2.05, 4.69) is 0 Å². The Labute approximate surface area is 192 Å². The highest BCUT2D eigenvalue weighted by Gasteiger charge is 2.42. The van der Waals surface area contributed by atoms with Crippen molar-refractivity contribution in [1.82, 2.24) is 4.90 Å². The quantitative estimate of drug-likeness (QED) is 0.535. The Bertz CT molecular complexity index is 892. The van der Waals surface area contributed by atoms with Crippen molar-refractivity contribution in [2.75, 3.05) is 26.8 Å². The van der Waals surface area contributed by atoms with E-state index in [-0.39, 0.29) is 11.8 Å². The SMILES string of the molecule is COCCCC[C@@](O)(c1ccccc1Oc1c(C)cccc1C)[C@@H]1CCCN(C(C)=O)C1. The van der Waals surface area contributed by atoms with Gasteiger partial charge in [0, 0.05) is 45.2 Å². The standard InChI is InChI=1S/C27H37NO4/c1-20-11-9-12-21(2)26(20)32-25-15-6-5-14-24(25)27(30,16-7-8-18-31-4)23-13-10-17-28(19-23)22(3)29/h5-6,9,11-12,14-15,23,30H,7-8,10,13,16-19H2,1-4H3/t23-,27+/m1/s1. The fraction of sp³-hybridized carbons (Fsp3) is 0.519. The van der Waals surface area contributed by atoms with E-state index >= 15 is 0 Å². The van der Waals surface area contributed by atoms with E-state index < -0.39 is 5.60 Å². The van der Waals surface area contributed by atoms with Gasteiger partial charge in [-0.25, -0.2) is 0 Å². The molecule has 3 rings (SSSR count). The molecule has 1 fully saturated rings. The van der Waals surface area contributed by atoms with Crippen LogP contribution in [0.25, 0.3) is 0 Å². The van der Waals surface area contributed by atoms with Gasteiger partial charge in [0.1, 0.15) is 11.5 Å². The summed E-state index contributed by atoms with van der Waals surface area (Å²) in [6.45, 7) is 7.67. The number of carbonyl (C=O) groups is 1. The van der Waals surface area contributed by atoms with Gasteiger partial charge in [-0.2, -0.15) is 0 Å². The molecule has 2 aromatic rings. The zero-order chi connectivity index (χ0) is 23.1. The molecule has 0 radical (unpaired) electrons. The van der Waals surface area contributed by atoms with E-state index in [1.54, 1.807) is 14.0 Å². The number of para-hydroxylation sites is 2. The summed E-state index contributed by atoms with van der Waals surface area (Å²) in [4.78, 5) is 14.0. The minimum absolute atomic E-state index is 0.0505. The van der Waals surface area contributed by atoms with Crippen LogP contribution in [-0.4, -0.2) is 42.7 Å². The van der Waals surface area contributed by atoms with Crippen LogP contribution in [0.5, 0.6) is 11.5 Å². The van der Waals surface area contributed by atoms with Gasteiger partial charge in [-0.3, -0.25) is 4.79 Å². The average Bonchev–Trinajstić information content (AvgIpc) is 2.79. The van der Waals surface area contributed by atoms with Crippen molar-refractivity contribution in [1.29, 1.82) is 0 Å². The lowest BCUT2D eigenvalue weighted by Gasteiger charge is -2.43. The first-order chi connectivity index (χ1) is 15.4. The number of likely N-dealkylation sites (tertiary alicyclic amines) is 1. The normalized spacial score (nSPS) is 18.3. The lowest BCUT2D eigenvalue weighted by molar-refractivity contribution is -0.134. The molecule has 2 aromatic carbocycles. The Morgan fingerprint density at radius 1 is 1.12 bits per heavy atom. The number of amides is 1. The number of methoxy groups -OCH3 is 1. The minimum Gasteiger partial charge on any atom is -0.456 e. The Morgan fingerprint density at radius 2 is 1.84 bits per heavy atom. The molecule has 2 atom stereocenters. The smallest absolute Gasteiger partial charge is 0.219 e. The Morgan fingerprint density at radius 3 is 2.53 bits per heavy atom. The molecule has 1 N–H and O–H groups in total. The average molecular weight is 440 g/mol. The Hall–Kier alpha value is -2.37.